The van der Waals surface area contributed by atoms with Crippen molar-refractivity contribution in [3.8, 4) is 0 Å². The zero-order valence-corrected chi connectivity index (χ0v) is 9.08. The number of rotatable bonds is 3. The fraction of sp³-hybridized carbons (Fsp3) is 0.0909. The van der Waals surface area contributed by atoms with E-state index >= 15 is 0 Å². The first-order valence-electron chi connectivity index (χ1n) is 4.91. The van der Waals surface area contributed by atoms with E-state index in [2.05, 4.69) is 20.3 Å². The third-order valence-corrected chi connectivity index (χ3v) is 2.13. The van der Waals surface area contributed by atoms with Crippen LogP contribution in [0.4, 0.5) is 11.6 Å². The van der Waals surface area contributed by atoms with Crippen molar-refractivity contribution in [2.45, 2.75) is 6.92 Å². The Labute approximate surface area is 97.4 Å². The van der Waals surface area contributed by atoms with Gasteiger partial charge in [0.25, 0.3) is 0 Å². The summed E-state index contributed by atoms with van der Waals surface area (Å²) in [7, 11) is 0. The van der Waals surface area contributed by atoms with Crippen molar-refractivity contribution in [3.05, 3.63) is 42.0 Å². The van der Waals surface area contributed by atoms with Crippen LogP contribution in [0.15, 0.2) is 30.7 Å². The Morgan fingerprint density at radius 1 is 1.41 bits per heavy atom. The first kappa shape index (κ1) is 11.0. The highest BCUT2D eigenvalue weighted by Gasteiger charge is 2.09. The Kier molecular flexibility index (Phi) is 2.95. The second-order valence-corrected chi connectivity index (χ2v) is 3.36. The number of nitrogens with zero attached hydrogens (tertiary/aromatic N) is 3. The summed E-state index contributed by atoms with van der Waals surface area (Å²) in [5, 5.41) is 11.8. The molecule has 2 rings (SSSR count). The van der Waals surface area contributed by atoms with Crippen molar-refractivity contribution < 1.29 is 9.90 Å². The van der Waals surface area contributed by atoms with Gasteiger partial charge in [-0.25, -0.2) is 14.8 Å². The predicted octanol–water partition coefficient (Wildman–Crippen LogP) is 1.62. The lowest BCUT2D eigenvalue weighted by molar-refractivity contribution is 0.0695. The minimum absolute atomic E-state index is 0.0988. The van der Waals surface area contributed by atoms with Crippen LogP contribution in [0.25, 0.3) is 0 Å². The Morgan fingerprint density at radius 2 is 2.24 bits per heavy atom. The lowest BCUT2D eigenvalue weighted by Gasteiger charge is -2.05. The topological polar surface area (TPSA) is 88.0 Å². The molecule has 0 amide bonds. The number of hydrogen-bond donors (Lipinski definition) is 2. The average Bonchev–Trinajstić information content (AvgIpc) is 2.30. The number of carboxylic acid groups (broad SMARTS) is 1. The van der Waals surface area contributed by atoms with Crippen LogP contribution >= 0.6 is 0 Å². The average molecular weight is 230 g/mol. The van der Waals surface area contributed by atoms with E-state index in [4.69, 9.17) is 5.11 Å². The number of carbonyl (C=O) groups is 1. The number of carboxylic acids is 1. The lowest BCUT2D eigenvalue weighted by Crippen LogP contribution is -2.06. The van der Waals surface area contributed by atoms with Crippen LogP contribution in [0.1, 0.15) is 16.1 Å². The van der Waals surface area contributed by atoms with E-state index in [0.717, 1.165) is 5.69 Å². The molecule has 6 nitrogen and oxygen atoms in total. The fourth-order valence-corrected chi connectivity index (χ4v) is 1.30. The minimum atomic E-state index is -1.03. The SMILES string of the molecule is Cc1nc(Nc2cccnc2)ncc1C(=O)O. The van der Waals surface area contributed by atoms with E-state index in [-0.39, 0.29) is 5.56 Å². The summed E-state index contributed by atoms with van der Waals surface area (Å²) in [6.07, 6.45) is 4.57. The largest absolute Gasteiger partial charge is 0.478 e. The van der Waals surface area contributed by atoms with Crippen LogP contribution < -0.4 is 5.32 Å². The van der Waals surface area contributed by atoms with Gasteiger partial charge in [-0.3, -0.25) is 4.98 Å². The van der Waals surface area contributed by atoms with Crippen LogP contribution in [0.3, 0.4) is 0 Å². The van der Waals surface area contributed by atoms with Gasteiger partial charge in [0.2, 0.25) is 5.95 Å². The third-order valence-electron chi connectivity index (χ3n) is 2.13. The highest BCUT2D eigenvalue weighted by Crippen LogP contribution is 2.12. The maximum absolute atomic E-state index is 10.8. The van der Waals surface area contributed by atoms with Crippen LogP contribution in [-0.4, -0.2) is 26.0 Å². The molecule has 0 radical (unpaired) electrons. The summed E-state index contributed by atoms with van der Waals surface area (Å²) in [6.45, 7) is 1.62. The second-order valence-electron chi connectivity index (χ2n) is 3.36. The molecule has 2 aromatic rings. The molecule has 0 aliphatic carbocycles. The van der Waals surface area contributed by atoms with Crippen molar-refractivity contribution in [1.29, 1.82) is 0 Å². The molecule has 0 atom stereocenters. The molecule has 2 aromatic heterocycles. The molecule has 17 heavy (non-hydrogen) atoms. The van der Waals surface area contributed by atoms with Gasteiger partial charge < -0.3 is 10.4 Å². The molecule has 86 valence electrons. The predicted molar refractivity (Wildman–Crippen MR) is 61.2 cm³/mol. The second kappa shape index (κ2) is 4.56. The summed E-state index contributed by atoms with van der Waals surface area (Å²) in [4.78, 5) is 22.7. The number of hydrogen-bond acceptors (Lipinski definition) is 5. The zero-order chi connectivity index (χ0) is 12.3. The van der Waals surface area contributed by atoms with E-state index in [9.17, 15) is 4.79 Å². The molecule has 0 aromatic carbocycles. The maximum Gasteiger partial charge on any atom is 0.339 e. The number of aromatic nitrogens is 3. The van der Waals surface area contributed by atoms with Crippen molar-refractivity contribution in [3.63, 3.8) is 0 Å². The van der Waals surface area contributed by atoms with Crippen LogP contribution in [0, 0.1) is 6.92 Å². The molecule has 0 spiro atoms. The molecule has 0 saturated carbocycles. The van der Waals surface area contributed by atoms with Crippen LogP contribution in [0.5, 0.6) is 0 Å². The molecule has 0 bridgehead atoms. The van der Waals surface area contributed by atoms with Gasteiger partial charge in [0.05, 0.1) is 23.1 Å². The molecule has 0 unspecified atom stereocenters. The van der Waals surface area contributed by atoms with Crippen molar-refractivity contribution >= 4 is 17.6 Å². The molecular weight excluding hydrogens is 220 g/mol. The van der Waals surface area contributed by atoms with Gasteiger partial charge in [0.15, 0.2) is 0 Å². The van der Waals surface area contributed by atoms with E-state index in [1.165, 1.54) is 6.20 Å². The third kappa shape index (κ3) is 2.54. The van der Waals surface area contributed by atoms with E-state index in [1.54, 1.807) is 25.4 Å². The normalized spacial score (nSPS) is 9.94. The standard InChI is InChI=1S/C11H10N4O2/c1-7-9(10(16)17)6-13-11(14-7)15-8-3-2-4-12-5-8/h2-6H,1H3,(H,16,17)(H,13,14,15). The van der Waals surface area contributed by atoms with E-state index < -0.39 is 5.97 Å². The Hall–Kier alpha value is -2.50. The quantitative estimate of drug-likeness (QED) is 0.833. The molecule has 6 heteroatoms. The van der Waals surface area contributed by atoms with Gasteiger partial charge in [-0.15, -0.1) is 0 Å². The Balaban J connectivity index is 2.24. The van der Waals surface area contributed by atoms with Crippen molar-refractivity contribution in [1.82, 2.24) is 15.0 Å². The Bertz CT molecular complexity index is 542. The summed E-state index contributed by atoms with van der Waals surface area (Å²) >= 11 is 0. The first-order chi connectivity index (χ1) is 8.16. The molecule has 0 fully saturated rings. The van der Waals surface area contributed by atoms with E-state index in [0.29, 0.717) is 11.6 Å². The van der Waals surface area contributed by atoms with Crippen molar-refractivity contribution in [2.24, 2.45) is 0 Å². The number of anilines is 2. The van der Waals surface area contributed by atoms with Gasteiger partial charge in [-0.2, -0.15) is 0 Å². The molecular formula is C11H10N4O2. The number of aromatic carboxylic acids is 1. The van der Waals surface area contributed by atoms with Crippen LogP contribution in [0.2, 0.25) is 0 Å². The number of aryl methyl sites for hydroxylation is 1. The van der Waals surface area contributed by atoms with Gasteiger partial charge in [0.1, 0.15) is 0 Å². The van der Waals surface area contributed by atoms with E-state index in [1.807, 2.05) is 6.07 Å². The van der Waals surface area contributed by atoms with Gasteiger partial charge in [-0.05, 0) is 19.1 Å². The highest BCUT2D eigenvalue weighted by atomic mass is 16.4. The minimum Gasteiger partial charge on any atom is -0.478 e. The van der Waals surface area contributed by atoms with Gasteiger partial charge in [0, 0.05) is 12.4 Å². The molecule has 0 aliphatic heterocycles. The zero-order valence-electron chi connectivity index (χ0n) is 9.08. The van der Waals surface area contributed by atoms with Gasteiger partial charge >= 0.3 is 5.97 Å². The number of nitrogens with one attached hydrogen (secondary N) is 1. The maximum atomic E-state index is 10.8. The molecule has 2 heterocycles. The summed E-state index contributed by atoms with van der Waals surface area (Å²) in [5.41, 5.74) is 1.26. The highest BCUT2D eigenvalue weighted by molar-refractivity contribution is 5.88. The molecule has 0 saturated heterocycles. The monoisotopic (exact) mass is 230 g/mol. The summed E-state index contributed by atoms with van der Waals surface area (Å²) < 4.78 is 0. The molecule has 2 N–H and O–H groups in total. The Morgan fingerprint density at radius 3 is 2.82 bits per heavy atom. The molecule has 0 aliphatic rings. The van der Waals surface area contributed by atoms with Crippen molar-refractivity contribution in [2.75, 3.05) is 5.32 Å². The number of pyridine rings is 1. The fourth-order valence-electron chi connectivity index (χ4n) is 1.30. The van der Waals surface area contributed by atoms with Gasteiger partial charge in [-0.1, -0.05) is 0 Å². The summed E-state index contributed by atoms with van der Waals surface area (Å²) in [5.74, 6) is -0.684. The van der Waals surface area contributed by atoms with Crippen LogP contribution in [-0.2, 0) is 0 Å². The summed E-state index contributed by atoms with van der Waals surface area (Å²) in [6, 6.07) is 3.59. The smallest absolute Gasteiger partial charge is 0.339 e. The first-order valence-corrected chi connectivity index (χ1v) is 4.91. The lowest BCUT2D eigenvalue weighted by atomic mass is 10.2.